The zero-order chi connectivity index (χ0) is 22.0. The quantitative estimate of drug-likeness (QED) is 0.686. The summed E-state index contributed by atoms with van der Waals surface area (Å²) in [5, 5.41) is 2.94. The van der Waals surface area contributed by atoms with E-state index in [1.54, 1.807) is 6.92 Å². The second-order valence-electron chi connectivity index (χ2n) is 7.83. The molecule has 3 aromatic rings. The molecular weight excluding hydrogens is 386 g/mol. The van der Waals surface area contributed by atoms with Gasteiger partial charge in [0, 0.05) is 16.8 Å². The number of anilines is 2. The molecule has 1 aliphatic rings. The van der Waals surface area contributed by atoms with Gasteiger partial charge in [-0.2, -0.15) is 0 Å². The predicted octanol–water partition coefficient (Wildman–Crippen LogP) is 4.51. The summed E-state index contributed by atoms with van der Waals surface area (Å²) in [6.07, 6.45) is 0. The van der Waals surface area contributed by atoms with Crippen LogP contribution in [0.3, 0.4) is 0 Å². The molecule has 1 aliphatic heterocycles. The summed E-state index contributed by atoms with van der Waals surface area (Å²) in [4.78, 5) is 32.4. The molecule has 0 unspecified atom stereocenters. The van der Waals surface area contributed by atoms with Crippen LogP contribution in [0.1, 0.15) is 29.2 Å². The van der Waals surface area contributed by atoms with Crippen molar-refractivity contribution < 1.29 is 9.59 Å². The number of benzodiazepines with no additional fused rings is 1. The minimum atomic E-state index is -0.600. The Bertz CT molecular complexity index is 1170. The average molecular weight is 412 g/mol. The lowest BCUT2D eigenvalue weighted by molar-refractivity contribution is -0.122. The number of benzene rings is 3. The number of rotatable bonds is 4. The first-order valence-electron chi connectivity index (χ1n) is 10.3. The number of aliphatic imine (C=N–C) groups is 1. The summed E-state index contributed by atoms with van der Waals surface area (Å²) < 4.78 is 0. The van der Waals surface area contributed by atoms with E-state index in [1.807, 2.05) is 86.6 Å². The minimum Gasteiger partial charge on any atom is -0.324 e. The first-order chi connectivity index (χ1) is 14.9. The van der Waals surface area contributed by atoms with Gasteiger partial charge in [-0.1, -0.05) is 66.2 Å². The monoisotopic (exact) mass is 411 g/mol. The van der Waals surface area contributed by atoms with Gasteiger partial charge < -0.3 is 10.2 Å². The van der Waals surface area contributed by atoms with Gasteiger partial charge in [0.2, 0.25) is 5.91 Å². The maximum absolute atomic E-state index is 13.2. The lowest BCUT2D eigenvalue weighted by Gasteiger charge is -2.24. The SMILES string of the molecule is Cc1ccc(NC(=O)CN2C(=O)[C@H](C)N=C(c3ccccc3)c3ccccc32)c(C)c1. The van der Waals surface area contributed by atoms with Crippen molar-refractivity contribution in [1.29, 1.82) is 0 Å². The molecule has 5 heteroatoms. The second kappa shape index (κ2) is 8.56. The molecule has 0 fully saturated rings. The van der Waals surface area contributed by atoms with Crippen LogP contribution in [-0.4, -0.2) is 30.1 Å². The van der Waals surface area contributed by atoms with Crippen LogP contribution >= 0.6 is 0 Å². The van der Waals surface area contributed by atoms with Crippen molar-refractivity contribution in [2.45, 2.75) is 26.8 Å². The molecule has 0 aliphatic carbocycles. The summed E-state index contributed by atoms with van der Waals surface area (Å²) >= 11 is 0. The fourth-order valence-corrected chi connectivity index (χ4v) is 3.85. The third-order valence-corrected chi connectivity index (χ3v) is 5.40. The van der Waals surface area contributed by atoms with E-state index in [0.717, 1.165) is 33.7 Å². The van der Waals surface area contributed by atoms with Crippen LogP contribution in [0.4, 0.5) is 11.4 Å². The Hall–Kier alpha value is -3.73. The topological polar surface area (TPSA) is 61.8 Å². The molecule has 0 aromatic heterocycles. The van der Waals surface area contributed by atoms with Gasteiger partial charge in [0.1, 0.15) is 12.6 Å². The predicted molar refractivity (Wildman–Crippen MR) is 125 cm³/mol. The Kier molecular flexibility index (Phi) is 5.67. The Morgan fingerprint density at radius 2 is 1.71 bits per heavy atom. The highest BCUT2D eigenvalue weighted by atomic mass is 16.2. The second-order valence-corrected chi connectivity index (χ2v) is 7.83. The average Bonchev–Trinajstić information content (AvgIpc) is 2.87. The lowest BCUT2D eigenvalue weighted by atomic mass is 10.0. The summed E-state index contributed by atoms with van der Waals surface area (Å²) in [6.45, 7) is 5.66. The summed E-state index contributed by atoms with van der Waals surface area (Å²) in [7, 11) is 0. The largest absolute Gasteiger partial charge is 0.324 e. The van der Waals surface area contributed by atoms with E-state index in [1.165, 1.54) is 4.90 Å². The van der Waals surface area contributed by atoms with Gasteiger partial charge in [0.15, 0.2) is 0 Å². The number of hydrogen-bond acceptors (Lipinski definition) is 3. The molecule has 1 N–H and O–H groups in total. The van der Waals surface area contributed by atoms with Gasteiger partial charge in [-0.15, -0.1) is 0 Å². The van der Waals surface area contributed by atoms with Crippen molar-refractivity contribution in [3.05, 3.63) is 95.1 Å². The van der Waals surface area contributed by atoms with Crippen LogP contribution in [0, 0.1) is 13.8 Å². The van der Waals surface area contributed by atoms with Crippen molar-refractivity contribution in [2.75, 3.05) is 16.8 Å². The molecule has 2 amide bonds. The fourth-order valence-electron chi connectivity index (χ4n) is 3.85. The summed E-state index contributed by atoms with van der Waals surface area (Å²) in [6, 6.07) is 22.7. The van der Waals surface area contributed by atoms with Crippen molar-refractivity contribution in [3.63, 3.8) is 0 Å². The van der Waals surface area contributed by atoms with Crippen LogP contribution in [0.15, 0.2) is 77.8 Å². The number of carbonyl (C=O) groups excluding carboxylic acids is 2. The molecule has 0 saturated carbocycles. The molecule has 0 bridgehead atoms. The van der Waals surface area contributed by atoms with Crippen LogP contribution in [0.5, 0.6) is 0 Å². The van der Waals surface area contributed by atoms with Gasteiger partial charge in [0.25, 0.3) is 5.91 Å². The maximum atomic E-state index is 13.2. The molecule has 156 valence electrons. The van der Waals surface area contributed by atoms with E-state index in [-0.39, 0.29) is 18.4 Å². The van der Waals surface area contributed by atoms with E-state index < -0.39 is 6.04 Å². The first kappa shape index (κ1) is 20.5. The standard InChI is InChI=1S/C26H25N3O2/c1-17-13-14-22(18(2)15-17)28-24(30)16-29-23-12-8-7-11-21(23)25(27-19(3)26(29)31)20-9-5-4-6-10-20/h4-15,19H,16H2,1-3H3,(H,28,30)/t19-/m0/s1. The summed E-state index contributed by atoms with van der Waals surface area (Å²) in [5.74, 6) is -0.445. The smallest absolute Gasteiger partial charge is 0.252 e. The highest BCUT2D eigenvalue weighted by Crippen LogP contribution is 2.28. The van der Waals surface area contributed by atoms with E-state index in [0.29, 0.717) is 5.69 Å². The summed E-state index contributed by atoms with van der Waals surface area (Å²) in [5.41, 5.74) is 6.09. The number of carbonyl (C=O) groups is 2. The van der Waals surface area contributed by atoms with Crippen molar-refractivity contribution in [2.24, 2.45) is 4.99 Å². The lowest BCUT2D eigenvalue weighted by Crippen LogP contribution is -2.42. The van der Waals surface area contributed by atoms with Gasteiger partial charge in [-0.3, -0.25) is 14.6 Å². The van der Waals surface area contributed by atoms with E-state index >= 15 is 0 Å². The van der Waals surface area contributed by atoms with Crippen LogP contribution in [-0.2, 0) is 9.59 Å². The van der Waals surface area contributed by atoms with Crippen LogP contribution < -0.4 is 10.2 Å². The molecule has 1 heterocycles. The van der Waals surface area contributed by atoms with Crippen LogP contribution in [0.2, 0.25) is 0 Å². The first-order valence-corrected chi connectivity index (χ1v) is 10.3. The highest BCUT2D eigenvalue weighted by molar-refractivity contribution is 6.20. The third kappa shape index (κ3) is 4.26. The number of fused-ring (bicyclic) bond motifs is 1. The Balaban J connectivity index is 1.67. The highest BCUT2D eigenvalue weighted by Gasteiger charge is 2.30. The fraction of sp³-hybridized carbons (Fsp3) is 0.192. The normalized spacial score (nSPS) is 15.7. The molecule has 5 nitrogen and oxygen atoms in total. The van der Waals surface area contributed by atoms with E-state index in [9.17, 15) is 9.59 Å². The van der Waals surface area contributed by atoms with Gasteiger partial charge in [-0.05, 0) is 38.5 Å². The number of hydrogen-bond donors (Lipinski definition) is 1. The molecule has 1 atom stereocenters. The molecule has 0 saturated heterocycles. The molecule has 3 aromatic carbocycles. The van der Waals surface area contributed by atoms with Crippen molar-refractivity contribution in [3.8, 4) is 0 Å². The number of nitrogens with one attached hydrogen (secondary N) is 1. The van der Waals surface area contributed by atoms with Crippen LogP contribution in [0.25, 0.3) is 0 Å². The molecule has 4 rings (SSSR count). The zero-order valence-corrected chi connectivity index (χ0v) is 17.9. The Morgan fingerprint density at radius 1 is 1.00 bits per heavy atom. The number of para-hydroxylation sites is 1. The maximum Gasteiger partial charge on any atom is 0.252 e. The Labute approximate surface area is 182 Å². The molecule has 0 radical (unpaired) electrons. The molecular formula is C26H25N3O2. The Morgan fingerprint density at radius 3 is 2.45 bits per heavy atom. The zero-order valence-electron chi connectivity index (χ0n) is 17.9. The molecule has 0 spiro atoms. The van der Waals surface area contributed by atoms with Gasteiger partial charge >= 0.3 is 0 Å². The van der Waals surface area contributed by atoms with E-state index in [2.05, 4.69) is 5.32 Å². The van der Waals surface area contributed by atoms with E-state index in [4.69, 9.17) is 4.99 Å². The van der Waals surface area contributed by atoms with Crippen molar-refractivity contribution in [1.82, 2.24) is 0 Å². The number of aryl methyl sites for hydroxylation is 2. The minimum absolute atomic E-state index is 0.0783. The number of amides is 2. The van der Waals surface area contributed by atoms with Gasteiger partial charge in [-0.25, -0.2) is 0 Å². The third-order valence-electron chi connectivity index (χ3n) is 5.40. The van der Waals surface area contributed by atoms with Crippen molar-refractivity contribution >= 4 is 28.9 Å². The van der Waals surface area contributed by atoms with Gasteiger partial charge in [0.05, 0.1) is 11.4 Å². The number of nitrogens with zero attached hydrogens (tertiary/aromatic N) is 2. The molecule has 31 heavy (non-hydrogen) atoms.